The van der Waals surface area contributed by atoms with Crippen LogP contribution in [0.2, 0.25) is 0 Å². The molecule has 1 aromatic rings. The molecule has 6 heteroatoms. The van der Waals surface area contributed by atoms with Crippen molar-refractivity contribution < 1.29 is 19.4 Å². The van der Waals surface area contributed by atoms with Gasteiger partial charge in [0.2, 0.25) is 0 Å². The van der Waals surface area contributed by atoms with E-state index in [-0.39, 0.29) is 40.5 Å². The van der Waals surface area contributed by atoms with Crippen molar-refractivity contribution in [1.29, 1.82) is 0 Å². The fourth-order valence-electron chi connectivity index (χ4n) is 7.57. The molecule has 3 saturated carbocycles. The SMILES string of the molecule is Cc1ncsc1C(=O)OC1C(C)CC2C3CCC4=CC(=O)C=C[C@]4(C)C3C(O)C[C@@]21C. The fraction of sp³-hybridized carbons (Fsp3) is 0.640. The number of aryl methyl sites for hydroxylation is 1. The summed E-state index contributed by atoms with van der Waals surface area (Å²) in [5.74, 6) is 0.850. The summed E-state index contributed by atoms with van der Waals surface area (Å²) in [7, 11) is 0. The second-order valence-corrected chi connectivity index (χ2v) is 11.5. The van der Waals surface area contributed by atoms with Gasteiger partial charge in [0.1, 0.15) is 11.0 Å². The summed E-state index contributed by atoms with van der Waals surface area (Å²) in [6.07, 6.45) is 8.29. The Kier molecular flexibility index (Phi) is 4.83. The van der Waals surface area contributed by atoms with Crippen molar-refractivity contribution in [1.82, 2.24) is 4.98 Å². The number of fused-ring (bicyclic) bond motifs is 5. The lowest BCUT2D eigenvalue weighted by Crippen LogP contribution is -2.57. The molecule has 0 radical (unpaired) electrons. The molecule has 166 valence electrons. The Labute approximate surface area is 187 Å². The zero-order valence-electron chi connectivity index (χ0n) is 18.6. The summed E-state index contributed by atoms with van der Waals surface area (Å²) >= 11 is 1.32. The molecule has 4 aliphatic carbocycles. The Bertz CT molecular complexity index is 995. The Hall–Kier alpha value is -1.79. The lowest BCUT2D eigenvalue weighted by molar-refractivity contribution is -0.133. The standard InChI is InChI=1S/C25H31NO4S/c1-13-9-18-17-6-5-15-10-16(27)7-8-24(15,3)20(17)19(28)11-25(18,4)22(13)30-23(29)21-14(2)26-12-31-21/h7-8,10,12-13,17-20,22,28H,5-6,9,11H2,1-4H3/t13?,17?,18?,19?,20?,22?,24-,25-/m0/s1. The first-order valence-corrected chi connectivity index (χ1v) is 12.3. The Balaban J connectivity index is 1.45. The smallest absolute Gasteiger partial charge is 0.350 e. The van der Waals surface area contributed by atoms with Crippen LogP contribution in [-0.2, 0) is 9.53 Å². The van der Waals surface area contributed by atoms with E-state index in [0.29, 0.717) is 28.8 Å². The number of nitrogens with zero attached hydrogens (tertiary/aromatic N) is 1. The molecule has 0 saturated heterocycles. The van der Waals surface area contributed by atoms with Gasteiger partial charge in [-0.3, -0.25) is 4.79 Å². The number of carbonyl (C=O) groups is 2. The summed E-state index contributed by atoms with van der Waals surface area (Å²) in [5, 5.41) is 11.5. The Morgan fingerprint density at radius 1 is 1.35 bits per heavy atom. The van der Waals surface area contributed by atoms with Crippen LogP contribution < -0.4 is 0 Å². The lowest BCUT2D eigenvalue weighted by Gasteiger charge is -2.58. The molecular weight excluding hydrogens is 410 g/mol. The second kappa shape index (κ2) is 7.11. The third kappa shape index (κ3) is 3.01. The van der Waals surface area contributed by atoms with E-state index in [2.05, 4.69) is 25.8 Å². The van der Waals surface area contributed by atoms with Crippen molar-refractivity contribution >= 4 is 23.1 Å². The van der Waals surface area contributed by atoms with Gasteiger partial charge in [0, 0.05) is 16.7 Å². The molecule has 5 nitrogen and oxygen atoms in total. The summed E-state index contributed by atoms with van der Waals surface area (Å²) in [4.78, 5) is 29.6. The van der Waals surface area contributed by atoms with E-state index in [0.717, 1.165) is 19.3 Å². The first-order valence-electron chi connectivity index (χ1n) is 11.4. The van der Waals surface area contributed by atoms with Crippen LogP contribution in [-0.4, -0.2) is 34.1 Å². The van der Waals surface area contributed by atoms with Gasteiger partial charge in [0.25, 0.3) is 0 Å². The maximum Gasteiger partial charge on any atom is 0.350 e. The molecule has 8 atom stereocenters. The van der Waals surface area contributed by atoms with Gasteiger partial charge < -0.3 is 9.84 Å². The monoisotopic (exact) mass is 441 g/mol. The number of rotatable bonds is 2. The summed E-state index contributed by atoms with van der Waals surface area (Å²) in [6.45, 7) is 8.41. The summed E-state index contributed by atoms with van der Waals surface area (Å²) in [5.41, 5.74) is 3.04. The number of thiazole rings is 1. The number of hydrogen-bond acceptors (Lipinski definition) is 6. The number of allylic oxidation sites excluding steroid dienone is 4. The lowest BCUT2D eigenvalue weighted by atomic mass is 9.47. The van der Waals surface area contributed by atoms with Crippen molar-refractivity contribution in [3.05, 3.63) is 39.9 Å². The molecular formula is C25H31NO4S. The first kappa shape index (κ1) is 21.1. The highest BCUT2D eigenvalue weighted by molar-refractivity contribution is 7.11. The van der Waals surface area contributed by atoms with Crippen molar-refractivity contribution in [2.24, 2.45) is 34.5 Å². The highest BCUT2D eigenvalue weighted by Gasteiger charge is 2.64. The quantitative estimate of drug-likeness (QED) is 0.684. The number of carbonyl (C=O) groups excluding carboxylic acids is 2. The van der Waals surface area contributed by atoms with Gasteiger partial charge in [-0.05, 0) is 62.5 Å². The molecule has 0 aliphatic heterocycles. The Morgan fingerprint density at radius 3 is 2.84 bits per heavy atom. The van der Waals surface area contributed by atoms with Crippen LogP contribution in [0.4, 0.5) is 0 Å². The highest BCUT2D eigenvalue weighted by atomic mass is 32.1. The van der Waals surface area contributed by atoms with Crippen LogP contribution in [0.3, 0.4) is 0 Å². The van der Waals surface area contributed by atoms with Crippen LogP contribution in [0.5, 0.6) is 0 Å². The number of aliphatic hydroxyl groups is 1. The van der Waals surface area contributed by atoms with Gasteiger partial charge in [-0.25, -0.2) is 9.78 Å². The van der Waals surface area contributed by atoms with Gasteiger partial charge in [-0.15, -0.1) is 11.3 Å². The summed E-state index contributed by atoms with van der Waals surface area (Å²) < 4.78 is 6.15. The van der Waals surface area contributed by atoms with Crippen LogP contribution in [0, 0.1) is 41.4 Å². The molecule has 6 unspecified atom stereocenters. The third-order valence-corrected chi connectivity index (χ3v) is 9.80. The van der Waals surface area contributed by atoms with Gasteiger partial charge in [0.05, 0.1) is 17.3 Å². The minimum atomic E-state index is -0.491. The number of esters is 1. The molecule has 1 aromatic heterocycles. The van der Waals surface area contributed by atoms with Crippen molar-refractivity contribution in [3.8, 4) is 0 Å². The molecule has 0 amide bonds. The number of hydrogen-bond donors (Lipinski definition) is 1. The molecule has 1 N–H and O–H groups in total. The molecule has 0 bridgehead atoms. The zero-order valence-corrected chi connectivity index (χ0v) is 19.4. The molecule has 31 heavy (non-hydrogen) atoms. The molecule has 1 heterocycles. The number of ether oxygens (including phenoxy) is 1. The van der Waals surface area contributed by atoms with E-state index in [1.165, 1.54) is 16.9 Å². The predicted octanol–water partition coefficient (Wildman–Crippen LogP) is 4.50. The van der Waals surface area contributed by atoms with E-state index in [9.17, 15) is 14.7 Å². The van der Waals surface area contributed by atoms with Crippen LogP contribution in [0.1, 0.15) is 61.8 Å². The van der Waals surface area contributed by atoms with Crippen molar-refractivity contribution in [2.45, 2.75) is 65.6 Å². The normalized spacial score (nSPS) is 43.6. The largest absolute Gasteiger partial charge is 0.457 e. The van der Waals surface area contributed by atoms with Gasteiger partial charge in [-0.1, -0.05) is 32.4 Å². The van der Waals surface area contributed by atoms with Gasteiger partial charge in [-0.2, -0.15) is 0 Å². The van der Waals surface area contributed by atoms with Crippen LogP contribution in [0.15, 0.2) is 29.3 Å². The topological polar surface area (TPSA) is 76.5 Å². The predicted molar refractivity (Wildman–Crippen MR) is 119 cm³/mol. The molecule has 3 fully saturated rings. The first-order chi connectivity index (χ1) is 14.6. The number of ketones is 1. The summed E-state index contributed by atoms with van der Waals surface area (Å²) in [6, 6.07) is 0. The number of aliphatic hydroxyl groups excluding tert-OH is 1. The van der Waals surface area contributed by atoms with Crippen LogP contribution >= 0.6 is 11.3 Å². The zero-order chi connectivity index (χ0) is 22.1. The fourth-order valence-corrected chi connectivity index (χ4v) is 8.25. The minimum absolute atomic E-state index is 0.0564. The maximum atomic E-state index is 12.9. The third-order valence-electron chi connectivity index (χ3n) is 8.89. The van der Waals surface area contributed by atoms with E-state index < -0.39 is 6.10 Å². The van der Waals surface area contributed by atoms with E-state index >= 15 is 0 Å². The molecule has 0 aromatic carbocycles. The van der Waals surface area contributed by atoms with Crippen molar-refractivity contribution in [2.75, 3.05) is 0 Å². The molecule has 4 aliphatic rings. The van der Waals surface area contributed by atoms with Crippen LogP contribution in [0.25, 0.3) is 0 Å². The molecule has 5 rings (SSSR count). The average molecular weight is 442 g/mol. The average Bonchev–Trinajstić information content (AvgIpc) is 3.24. The molecule has 0 spiro atoms. The Morgan fingerprint density at radius 2 is 2.13 bits per heavy atom. The maximum absolute atomic E-state index is 12.9. The van der Waals surface area contributed by atoms with E-state index in [1.54, 1.807) is 17.7 Å². The second-order valence-electron chi connectivity index (χ2n) is 10.6. The van der Waals surface area contributed by atoms with Gasteiger partial charge in [0.15, 0.2) is 5.78 Å². The number of aromatic nitrogens is 1. The van der Waals surface area contributed by atoms with Gasteiger partial charge >= 0.3 is 5.97 Å². The van der Waals surface area contributed by atoms with E-state index in [1.807, 2.05) is 13.0 Å². The van der Waals surface area contributed by atoms with Crippen molar-refractivity contribution in [3.63, 3.8) is 0 Å². The minimum Gasteiger partial charge on any atom is -0.457 e. The van der Waals surface area contributed by atoms with E-state index in [4.69, 9.17) is 4.74 Å². The highest BCUT2D eigenvalue weighted by Crippen LogP contribution is 2.65.